The van der Waals surface area contributed by atoms with Crippen LogP contribution in [0.25, 0.3) is 5.69 Å². The summed E-state index contributed by atoms with van der Waals surface area (Å²) in [5, 5.41) is 6.06. The number of nitrogens with zero attached hydrogens (tertiary/aromatic N) is 2. The SMILES string of the molecule is Cc1c(F)cc(C(=O)NC2CC2)cc1-n1ccnc(NC(C)(C)c2ccccc2OCCCl)c1=O. The number of hydrogen-bond acceptors (Lipinski definition) is 5. The molecule has 2 aromatic carbocycles. The lowest BCUT2D eigenvalue weighted by Gasteiger charge is -2.29. The maximum Gasteiger partial charge on any atom is 0.297 e. The van der Waals surface area contributed by atoms with Crippen molar-refractivity contribution in [2.45, 2.75) is 45.2 Å². The predicted molar refractivity (Wildman–Crippen MR) is 134 cm³/mol. The average Bonchev–Trinajstić information content (AvgIpc) is 3.65. The molecular weight excluding hydrogens is 471 g/mol. The minimum Gasteiger partial charge on any atom is -0.492 e. The van der Waals surface area contributed by atoms with E-state index in [1.807, 2.05) is 38.1 Å². The van der Waals surface area contributed by atoms with E-state index in [0.29, 0.717) is 18.2 Å². The zero-order chi connectivity index (χ0) is 25.2. The van der Waals surface area contributed by atoms with E-state index in [4.69, 9.17) is 16.3 Å². The number of benzene rings is 2. The number of ether oxygens (including phenoxy) is 1. The molecule has 0 unspecified atom stereocenters. The predicted octanol–water partition coefficient (Wildman–Crippen LogP) is 4.54. The van der Waals surface area contributed by atoms with Crippen molar-refractivity contribution in [1.82, 2.24) is 14.9 Å². The second-order valence-corrected chi connectivity index (χ2v) is 9.46. The molecule has 1 fully saturated rings. The quantitative estimate of drug-likeness (QED) is 0.423. The Balaban J connectivity index is 1.69. The second kappa shape index (κ2) is 10.1. The smallest absolute Gasteiger partial charge is 0.297 e. The van der Waals surface area contributed by atoms with Crippen LogP contribution in [0.15, 0.2) is 53.6 Å². The van der Waals surface area contributed by atoms with E-state index in [1.54, 1.807) is 6.92 Å². The molecule has 0 bridgehead atoms. The Morgan fingerprint density at radius 1 is 1.29 bits per heavy atom. The molecule has 0 spiro atoms. The Morgan fingerprint density at radius 2 is 2.03 bits per heavy atom. The number of amides is 1. The minimum absolute atomic E-state index is 0.0808. The van der Waals surface area contributed by atoms with Crippen LogP contribution in [0.5, 0.6) is 5.75 Å². The Labute approximate surface area is 208 Å². The van der Waals surface area contributed by atoms with Gasteiger partial charge in [0.25, 0.3) is 11.5 Å². The van der Waals surface area contributed by atoms with Crippen molar-refractivity contribution in [1.29, 1.82) is 0 Å². The van der Waals surface area contributed by atoms with E-state index >= 15 is 0 Å². The monoisotopic (exact) mass is 498 g/mol. The van der Waals surface area contributed by atoms with Crippen molar-refractivity contribution in [3.8, 4) is 11.4 Å². The Kier molecular flexibility index (Phi) is 7.12. The molecule has 35 heavy (non-hydrogen) atoms. The van der Waals surface area contributed by atoms with Crippen molar-refractivity contribution in [3.05, 3.63) is 81.7 Å². The standard InChI is InChI=1S/C26H28ClFN4O3/c1-16-20(28)14-17(24(33)30-18-8-9-18)15-21(16)32-12-11-29-23(25(32)34)31-26(2,3)19-6-4-5-7-22(19)35-13-10-27/h4-7,11-12,14-15,18H,8-10,13H2,1-3H3,(H,29,31)(H,30,33). The van der Waals surface area contributed by atoms with Crippen molar-refractivity contribution in [3.63, 3.8) is 0 Å². The van der Waals surface area contributed by atoms with Crippen molar-refractivity contribution >= 4 is 23.3 Å². The third kappa shape index (κ3) is 5.48. The maximum absolute atomic E-state index is 14.8. The van der Waals surface area contributed by atoms with E-state index in [9.17, 15) is 14.0 Å². The maximum atomic E-state index is 14.8. The zero-order valence-corrected chi connectivity index (χ0v) is 20.7. The molecule has 3 aromatic rings. The highest BCUT2D eigenvalue weighted by atomic mass is 35.5. The van der Waals surface area contributed by atoms with E-state index in [2.05, 4.69) is 15.6 Å². The van der Waals surface area contributed by atoms with Crippen LogP contribution in [-0.2, 0) is 5.54 Å². The largest absolute Gasteiger partial charge is 0.492 e. The van der Waals surface area contributed by atoms with Crippen LogP contribution < -0.4 is 20.9 Å². The molecule has 1 aromatic heterocycles. The number of hydrogen-bond donors (Lipinski definition) is 2. The molecular formula is C26H28ClFN4O3. The first-order valence-electron chi connectivity index (χ1n) is 11.5. The lowest BCUT2D eigenvalue weighted by atomic mass is 9.93. The number of halogens is 2. The van der Waals surface area contributed by atoms with Crippen molar-refractivity contribution in [2.75, 3.05) is 17.8 Å². The van der Waals surface area contributed by atoms with E-state index < -0.39 is 16.9 Å². The van der Waals surface area contributed by atoms with Gasteiger partial charge in [-0.2, -0.15) is 0 Å². The Hall–Kier alpha value is -3.39. The number of carbonyl (C=O) groups excluding carboxylic acids is 1. The fourth-order valence-corrected chi connectivity index (χ4v) is 3.93. The van der Waals surface area contributed by atoms with Gasteiger partial charge in [-0.1, -0.05) is 18.2 Å². The molecule has 0 radical (unpaired) electrons. The van der Waals surface area contributed by atoms with Gasteiger partial charge in [-0.25, -0.2) is 9.37 Å². The molecule has 7 nitrogen and oxygen atoms in total. The van der Waals surface area contributed by atoms with Gasteiger partial charge in [0.15, 0.2) is 5.82 Å². The summed E-state index contributed by atoms with van der Waals surface area (Å²) in [6.45, 7) is 5.73. The molecule has 0 aliphatic heterocycles. The Bertz CT molecular complexity index is 1300. The lowest BCUT2D eigenvalue weighted by Crippen LogP contribution is -2.34. The van der Waals surface area contributed by atoms with Crippen LogP contribution >= 0.6 is 11.6 Å². The van der Waals surface area contributed by atoms with Crippen LogP contribution in [0.2, 0.25) is 0 Å². The number of nitrogens with one attached hydrogen (secondary N) is 2. The van der Waals surface area contributed by atoms with Gasteiger partial charge < -0.3 is 15.4 Å². The summed E-state index contributed by atoms with van der Waals surface area (Å²) >= 11 is 5.78. The summed E-state index contributed by atoms with van der Waals surface area (Å²) in [6, 6.07) is 10.3. The number of anilines is 1. The van der Waals surface area contributed by atoms with Crippen LogP contribution in [0, 0.1) is 12.7 Å². The van der Waals surface area contributed by atoms with Gasteiger partial charge in [0.2, 0.25) is 0 Å². The number of aromatic nitrogens is 2. The molecule has 1 amide bonds. The summed E-state index contributed by atoms with van der Waals surface area (Å²) in [4.78, 5) is 30.2. The molecule has 184 valence electrons. The topological polar surface area (TPSA) is 85.2 Å². The highest BCUT2D eigenvalue weighted by molar-refractivity contribution is 6.18. The summed E-state index contributed by atoms with van der Waals surface area (Å²) < 4.78 is 21.8. The van der Waals surface area contributed by atoms with Gasteiger partial charge in [-0.15, -0.1) is 11.6 Å². The first kappa shape index (κ1) is 24.7. The summed E-state index contributed by atoms with van der Waals surface area (Å²) in [6.07, 6.45) is 4.76. The normalized spacial score (nSPS) is 13.4. The van der Waals surface area contributed by atoms with Crippen LogP contribution in [0.4, 0.5) is 10.2 Å². The molecule has 2 N–H and O–H groups in total. The van der Waals surface area contributed by atoms with Gasteiger partial charge in [0.1, 0.15) is 18.2 Å². The highest BCUT2D eigenvalue weighted by Crippen LogP contribution is 2.32. The van der Waals surface area contributed by atoms with Crippen LogP contribution in [0.1, 0.15) is 48.2 Å². The number of para-hydroxylation sites is 1. The van der Waals surface area contributed by atoms with Crippen molar-refractivity contribution < 1.29 is 13.9 Å². The summed E-state index contributed by atoms with van der Waals surface area (Å²) in [5.74, 6) is 0.155. The van der Waals surface area contributed by atoms with Gasteiger partial charge >= 0.3 is 0 Å². The highest BCUT2D eigenvalue weighted by Gasteiger charge is 2.27. The van der Waals surface area contributed by atoms with Gasteiger partial charge in [0, 0.05) is 35.1 Å². The minimum atomic E-state index is -0.736. The number of carbonyl (C=O) groups is 1. The summed E-state index contributed by atoms with van der Waals surface area (Å²) in [5.41, 5.74) is 0.320. The third-order valence-corrected chi connectivity index (χ3v) is 6.07. The molecule has 0 saturated heterocycles. The van der Waals surface area contributed by atoms with E-state index in [-0.39, 0.29) is 34.6 Å². The molecule has 4 rings (SSSR count). The van der Waals surface area contributed by atoms with Gasteiger partial charge in [0.05, 0.1) is 17.1 Å². The molecule has 9 heteroatoms. The fraction of sp³-hybridized carbons (Fsp3) is 0.346. The van der Waals surface area contributed by atoms with Crippen LogP contribution in [0.3, 0.4) is 0 Å². The van der Waals surface area contributed by atoms with Gasteiger partial charge in [-0.3, -0.25) is 14.2 Å². The molecule has 0 atom stereocenters. The number of rotatable bonds is 9. The first-order chi connectivity index (χ1) is 16.7. The molecule has 1 heterocycles. The van der Waals surface area contributed by atoms with Crippen molar-refractivity contribution in [2.24, 2.45) is 0 Å². The zero-order valence-electron chi connectivity index (χ0n) is 19.9. The first-order valence-corrected chi connectivity index (χ1v) is 12.0. The summed E-state index contributed by atoms with van der Waals surface area (Å²) in [7, 11) is 0. The average molecular weight is 499 g/mol. The fourth-order valence-electron chi connectivity index (χ4n) is 3.85. The molecule has 1 aliphatic carbocycles. The van der Waals surface area contributed by atoms with Crippen LogP contribution in [-0.4, -0.2) is 34.0 Å². The molecule has 1 saturated carbocycles. The Morgan fingerprint density at radius 3 is 2.74 bits per heavy atom. The number of alkyl halides is 1. The second-order valence-electron chi connectivity index (χ2n) is 9.08. The van der Waals surface area contributed by atoms with E-state index in [0.717, 1.165) is 18.4 Å². The third-order valence-electron chi connectivity index (χ3n) is 5.92. The van der Waals surface area contributed by atoms with Gasteiger partial charge in [-0.05, 0) is 51.8 Å². The molecule has 1 aliphatic rings. The lowest BCUT2D eigenvalue weighted by molar-refractivity contribution is 0.0950. The van der Waals surface area contributed by atoms with E-state index in [1.165, 1.54) is 29.1 Å².